The van der Waals surface area contributed by atoms with Crippen molar-refractivity contribution in [2.75, 3.05) is 19.6 Å². The number of hydrogen-bond acceptors (Lipinski definition) is 5. The molecule has 0 bridgehead atoms. The third kappa shape index (κ3) is 3.76. The molecule has 0 saturated carbocycles. The number of hydrogen-bond donors (Lipinski definition) is 0. The SMILES string of the molecule is O=C(c1ccccc1)N1CC[C@@]2(C1)CN(Cc1ccccn1)S(=O)(=O)c1ccccc1O2. The van der Waals surface area contributed by atoms with Gasteiger partial charge in [-0.15, -0.1) is 0 Å². The van der Waals surface area contributed by atoms with Gasteiger partial charge in [-0.3, -0.25) is 9.78 Å². The van der Waals surface area contributed by atoms with Gasteiger partial charge in [0, 0.05) is 24.7 Å². The molecule has 164 valence electrons. The first-order valence-corrected chi connectivity index (χ1v) is 11.9. The van der Waals surface area contributed by atoms with Crippen LogP contribution in [0.4, 0.5) is 0 Å². The highest BCUT2D eigenvalue weighted by Crippen LogP contribution is 2.39. The van der Waals surface area contributed by atoms with Crippen LogP contribution in [0.5, 0.6) is 5.75 Å². The van der Waals surface area contributed by atoms with E-state index in [2.05, 4.69) is 4.98 Å². The number of benzene rings is 2. The molecule has 0 aliphatic carbocycles. The van der Waals surface area contributed by atoms with Crippen LogP contribution in [0.25, 0.3) is 0 Å². The van der Waals surface area contributed by atoms with E-state index in [-0.39, 0.29) is 23.9 Å². The molecule has 32 heavy (non-hydrogen) atoms. The van der Waals surface area contributed by atoms with E-state index < -0.39 is 15.6 Å². The molecule has 5 rings (SSSR count). The minimum atomic E-state index is -3.81. The van der Waals surface area contributed by atoms with E-state index >= 15 is 0 Å². The van der Waals surface area contributed by atoms with E-state index in [0.717, 1.165) is 0 Å². The van der Waals surface area contributed by atoms with E-state index in [4.69, 9.17) is 4.74 Å². The molecule has 7 nitrogen and oxygen atoms in total. The zero-order valence-corrected chi connectivity index (χ0v) is 18.2. The molecule has 1 amide bonds. The maximum absolute atomic E-state index is 13.5. The molecule has 1 spiro atoms. The van der Waals surface area contributed by atoms with Crippen LogP contribution in [0.3, 0.4) is 0 Å². The average molecular weight is 450 g/mol. The first-order valence-electron chi connectivity index (χ1n) is 10.5. The number of para-hydroxylation sites is 1. The Kier molecular flexibility index (Phi) is 5.19. The monoisotopic (exact) mass is 449 g/mol. The van der Waals surface area contributed by atoms with Crippen molar-refractivity contribution in [1.82, 2.24) is 14.2 Å². The number of pyridine rings is 1. The van der Waals surface area contributed by atoms with Gasteiger partial charge in [0.2, 0.25) is 10.0 Å². The summed E-state index contributed by atoms with van der Waals surface area (Å²) in [5.41, 5.74) is 0.427. The van der Waals surface area contributed by atoms with Crippen molar-refractivity contribution < 1.29 is 17.9 Å². The number of fused-ring (bicyclic) bond motifs is 1. The molecular formula is C24H23N3O4S. The third-order valence-electron chi connectivity index (χ3n) is 5.95. The highest BCUT2D eigenvalue weighted by Gasteiger charge is 2.48. The van der Waals surface area contributed by atoms with E-state index in [1.165, 1.54) is 4.31 Å². The van der Waals surface area contributed by atoms with Crippen LogP contribution in [0.15, 0.2) is 83.9 Å². The van der Waals surface area contributed by atoms with E-state index in [1.807, 2.05) is 24.3 Å². The summed E-state index contributed by atoms with van der Waals surface area (Å²) in [6.45, 7) is 1.07. The fourth-order valence-corrected chi connectivity index (χ4v) is 5.97. The lowest BCUT2D eigenvalue weighted by Gasteiger charge is -2.31. The molecule has 2 aliphatic rings. The van der Waals surface area contributed by atoms with Crippen molar-refractivity contribution in [3.8, 4) is 5.75 Å². The second-order valence-electron chi connectivity index (χ2n) is 8.17. The van der Waals surface area contributed by atoms with Crippen molar-refractivity contribution in [2.24, 2.45) is 0 Å². The summed E-state index contributed by atoms with van der Waals surface area (Å²) < 4.78 is 34.9. The number of carbonyl (C=O) groups is 1. The molecule has 0 unspecified atom stereocenters. The van der Waals surface area contributed by atoms with Crippen molar-refractivity contribution in [3.63, 3.8) is 0 Å². The highest BCUT2D eigenvalue weighted by molar-refractivity contribution is 7.89. The fourth-order valence-electron chi connectivity index (χ4n) is 4.37. The Hall–Kier alpha value is -3.23. The maximum Gasteiger partial charge on any atom is 0.253 e. The van der Waals surface area contributed by atoms with E-state index in [9.17, 15) is 13.2 Å². The first kappa shape index (κ1) is 20.7. The number of amides is 1. The van der Waals surface area contributed by atoms with Crippen LogP contribution < -0.4 is 4.74 Å². The molecule has 3 aromatic rings. The summed E-state index contributed by atoms with van der Waals surface area (Å²) >= 11 is 0. The van der Waals surface area contributed by atoms with Gasteiger partial charge in [0.1, 0.15) is 16.2 Å². The predicted molar refractivity (Wildman–Crippen MR) is 119 cm³/mol. The minimum absolute atomic E-state index is 0.0808. The zero-order valence-electron chi connectivity index (χ0n) is 17.4. The Morgan fingerprint density at radius 2 is 1.72 bits per heavy atom. The van der Waals surface area contributed by atoms with Crippen molar-refractivity contribution in [1.29, 1.82) is 0 Å². The molecule has 0 N–H and O–H groups in total. The lowest BCUT2D eigenvalue weighted by Crippen LogP contribution is -2.49. The molecule has 1 fully saturated rings. The summed E-state index contributed by atoms with van der Waals surface area (Å²) in [6, 6.07) is 21.2. The van der Waals surface area contributed by atoms with Gasteiger partial charge in [-0.25, -0.2) is 8.42 Å². The average Bonchev–Trinajstić information content (AvgIpc) is 3.19. The van der Waals surface area contributed by atoms with Gasteiger partial charge in [0.05, 0.1) is 25.3 Å². The van der Waals surface area contributed by atoms with Gasteiger partial charge in [0.25, 0.3) is 5.91 Å². The van der Waals surface area contributed by atoms with Gasteiger partial charge in [0.15, 0.2) is 0 Å². The van der Waals surface area contributed by atoms with E-state index in [0.29, 0.717) is 36.5 Å². The van der Waals surface area contributed by atoms with Crippen LogP contribution in [0.1, 0.15) is 22.5 Å². The van der Waals surface area contributed by atoms with Gasteiger partial charge in [-0.05, 0) is 36.4 Å². The van der Waals surface area contributed by atoms with Gasteiger partial charge in [-0.2, -0.15) is 4.31 Å². The van der Waals surface area contributed by atoms with E-state index in [1.54, 1.807) is 59.6 Å². The van der Waals surface area contributed by atoms with Crippen LogP contribution in [-0.4, -0.2) is 53.7 Å². The molecule has 2 aromatic carbocycles. The standard InChI is InChI=1S/C24H23N3O4S/c28-23(19-8-2-1-3-9-19)26-15-13-24(17-26)18-27(16-20-10-6-7-14-25-20)32(29,30)22-12-5-4-11-21(22)31-24/h1-12,14H,13,15-18H2/t24-/m1/s1. The normalized spacial score (nSPS) is 22.2. The largest absolute Gasteiger partial charge is 0.483 e. The second-order valence-corrected chi connectivity index (χ2v) is 10.1. The summed E-state index contributed by atoms with van der Waals surface area (Å²) in [5.74, 6) is 0.243. The number of rotatable bonds is 3. The van der Waals surface area contributed by atoms with Crippen LogP contribution in [0.2, 0.25) is 0 Å². The first-order chi connectivity index (χ1) is 15.5. The number of aromatic nitrogens is 1. The number of sulfonamides is 1. The number of ether oxygens (including phenoxy) is 1. The van der Waals surface area contributed by atoms with Crippen LogP contribution in [-0.2, 0) is 16.6 Å². The number of nitrogens with zero attached hydrogens (tertiary/aromatic N) is 3. The fraction of sp³-hybridized carbons (Fsp3) is 0.250. The number of carbonyl (C=O) groups excluding carboxylic acids is 1. The Labute approximate surface area is 187 Å². The maximum atomic E-state index is 13.5. The lowest BCUT2D eigenvalue weighted by atomic mass is 10.0. The third-order valence-corrected chi connectivity index (χ3v) is 7.78. The smallest absolute Gasteiger partial charge is 0.253 e. The molecule has 1 atom stereocenters. The quantitative estimate of drug-likeness (QED) is 0.614. The Balaban J connectivity index is 1.50. The Morgan fingerprint density at radius 1 is 0.969 bits per heavy atom. The topological polar surface area (TPSA) is 79.8 Å². The molecule has 3 heterocycles. The summed E-state index contributed by atoms with van der Waals surface area (Å²) in [5, 5.41) is 0. The zero-order chi connectivity index (χ0) is 22.2. The highest BCUT2D eigenvalue weighted by atomic mass is 32.2. The van der Waals surface area contributed by atoms with Gasteiger partial charge in [-0.1, -0.05) is 36.4 Å². The van der Waals surface area contributed by atoms with Crippen molar-refractivity contribution in [3.05, 3.63) is 90.3 Å². The minimum Gasteiger partial charge on any atom is -0.483 e. The van der Waals surface area contributed by atoms with Crippen molar-refractivity contribution >= 4 is 15.9 Å². The van der Waals surface area contributed by atoms with Crippen LogP contribution in [0, 0.1) is 0 Å². The molecule has 8 heteroatoms. The predicted octanol–water partition coefficient (Wildman–Crippen LogP) is 2.95. The molecule has 1 aromatic heterocycles. The summed E-state index contributed by atoms with van der Waals surface area (Å²) in [7, 11) is -3.81. The Bertz CT molecular complexity index is 1230. The van der Waals surface area contributed by atoms with Crippen molar-refractivity contribution in [2.45, 2.75) is 23.5 Å². The molecule has 1 saturated heterocycles. The lowest BCUT2D eigenvalue weighted by molar-refractivity contribution is 0.0509. The second kappa shape index (κ2) is 8.03. The van der Waals surface area contributed by atoms with Crippen LogP contribution >= 0.6 is 0 Å². The molecule has 0 radical (unpaired) electrons. The number of likely N-dealkylation sites (tertiary alicyclic amines) is 1. The van der Waals surface area contributed by atoms with Gasteiger partial charge < -0.3 is 9.64 Å². The summed E-state index contributed by atoms with van der Waals surface area (Å²) in [4.78, 5) is 19.2. The molecular weight excluding hydrogens is 426 g/mol. The Morgan fingerprint density at radius 3 is 2.50 bits per heavy atom. The summed E-state index contributed by atoms with van der Waals surface area (Å²) in [6.07, 6.45) is 2.18. The van der Waals surface area contributed by atoms with Gasteiger partial charge >= 0.3 is 0 Å². The molecule has 2 aliphatic heterocycles.